The van der Waals surface area contributed by atoms with E-state index in [0.29, 0.717) is 15.9 Å². The molecule has 1 heterocycles. The van der Waals surface area contributed by atoms with Gasteiger partial charge in [0, 0.05) is 24.1 Å². The molecule has 0 amide bonds. The number of rotatable bonds is 5. The Morgan fingerprint density at radius 3 is 2.38 bits per heavy atom. The molecular weight excluding hydrogens is 307 g/mol. The minimum absolute atomic E-state index is 0.610. The van der Waals surface area contributed by atoms with Crippen molar-refractivity contribution in [2.45, 2.75) is 27.2 Å². The highest BCUT2D eigenvalue weighted by Gasteiger charge is 2.08. The zero-order chi connectivity index (χ0) is 15.4. The Hall–Kier alpha value is -1.52. The van der Waals surface area contributed by atoms with Crippen LogP contribution in [-0.4, -0.2) is 16.5 Å². The summed E-state index contributed by atoms with van der Waals surface area (Å²) in [5, 5.41) is 7.67. The average molecular weight is 325 g/mol. The molecule has 0 aliphatic heterocycles. The summed E-state index contributed by atoms with van der Waals surface area (Å²) < 4.78 is 0. The standard InChI is InChI=1S/C15H18Cl2N4/c1-4-13-20-14(18-5-2)8-15(21-13)19-12-7-10(16)9(3)6-11(12)17/h6-8H,4-5H2,1-3H3,(H2,18,19,20,21). The number of benzene rings is 1. The van der Waals surface area contributed by atoms with Crippen molar-refractivity contribution in [3.05, 3.63) is 39.6 Å². The molecule has 0 spiro atoms. The first-order valence-corrected chi connectivity index (χ1v) is 7.63. The van der Waals surface area contributed by atoms with Gasteiger partial charge in [0.25, 0.3) is 0 Å². The second kappa shape index (κ2) is 6.96. The van der Waals surface area contributed by atoms with Crippen LogP contribution in [0.25, 0.3) is 0 Å². The van der Waals surface area contributed by atoms with E-state index in [1.54, 1.807) is 6.07 Å². The van der Waals surface area contributed by atoms with Crippen LogP contribution in [0.5, 0.6) is 0 Å². The van der Waals surface area contributed by atoms with Crippen molar-refractivity contribution in [1.29, 1.82) is 0 Å². The fraction of sp³-hybridized carbons (Fsp3) is 0.333. The third kappa shape index (κ3) is 3.99. The maximum atomic E-state index is 6.25. The second-order valence-electron chi connectivity index (χ2n) is 4.64. The third-order valence-corrected chi connectivity index (χ3v) is 3.68. The molecule has 0 bridgehead atoms. The Labute approximate surface area is 134 Å². The molecule has 0 atom stereocenters. The minimum Gasteiger partial charge on any atom is -0.370 e. The van der Waals surface area contributed by atoms with E-state index >= 15 is 0 Å². The number of nitrogens with one attached hydrogen (secondary N) is 2. The number of nitrogens with zero attached hydrogens (tertiary/aromatic N) is 2. The molecule has 6 heteroatoms. The fourth-order valence-electron chi connectivity index (χ4n) is 1.87. The first kappa shape index (κ1) is 15.9. The molecule has 1 aromatic heterocycles. The van der Waals surface area contributed by atoms with E-state index in [2.05, 4.69) is 20.6 Å². The lowest BCUT2D eigenvalue weighted by atomic mass is 10.2. The van der Waals surface area contributed by atoms with Gasteiger partial charge in [0.1, 0.15) is 17.5 Å². The summed E-state index contributed by atoms with van der Waals surface area (Å²) >= 11 is 12.4. The smallest absolute Gasteiger partial charge is 0.136 e. The van der Waals surface area contributed by atoms with Crippen molar-refractivity contribution in [2.75, 3.05) is 17.2 Å². The summed E-state index contributed by atoms with van der Waals surface area (Å²) in [5.74, 6) is 2.26. The van der Waals surface area contributed by atoms with Crippen molar-refractivity contribution in [3.63, 3.8) is 0 Å². The molecule has 0 aliphatic carbocycles. The van der Waals surface area contributed by atoms with Gasteiger partial charge < -0.3 is 10.6 Å². The van der Waals surface area contributed by atoms with Gasteiger partial charge in [-0.3, -0.25) is 0 Å². The van der Waals surface area contributed by atoms with E-state index in [1.165, 1.54) is 0 Å². The lowest BCUT2D eigenvalue weighted by molar-refractivity contribution is 0.939. The average Bonchev–Trinajstić information content (AvgIpc) is 2.45. The molecule has 0 saturated carbocycles. The Morgan fingerprint density at radius 1 is 1.00 bits per heavy atom. The van der Waals surface area contributed by atoms with E-state index in [4.69, 9.17) is 23.2 Å². The molecule has 0 aliphatic rings. The van der Waals surface area contributed by atoms with E-state index in [1.807, 2.05) is 32.9 Å². The van der Waals surface area contributed by atoms with E-state index in [-0.39, 0.29) is 0 Å². The van der Waals surface area contributed by atoms with Gasteiger partial charge in [-0.1, -0.05) is 30.1 Å². The zero-order valence-corrected chi connectivity index (χ0v) is 13.8. The van der Waals surface area contributed by atoms with Crippen LogP contribution in [0.2, 0.25) is 10.0 Å². The van der Waals surface area contributed by atoms with Gasteiger partial charge >= 0.3 is 0 Å². The van der Waals surface area contributed by atoms with Gasteiger partial charge in [0.05, 0.1) is 10.7 Å². The van der Waals surface area contributed by atoms with Crippen molar-refractivity contribution in [1.82, 2.24) is 9.97 Å². The summed E-state index contributed by atoms with van der Waals surface area (Å²) in [6.07, 6.45) is 0.760. The molecule has 2 aromatic rings. The number of aromatic nitrogens is 2. The fourth-order valence-corrected chi connectivity index (χ4v) is 2.30. The Bertz CT molecular complexity index is 644. The molecule has 2 rings (SSSR count). The van der Waals surface area contributed by atoms with E-state index in [0.717, 1.165) is 35.9 Å². The lowest BCUT2D eigenvalue weighted by Crippen LogP contribution is -2.05. The highest BCUT2D eigenvalue weighted by molar-refractivity contribution is 6.35. The second-order valence-corrected chi connectivity index (χ2v) is 5.46. The molecule has 0 saturated heterocycles. The Kier molecular flexibility index (Phi) is 5.26. The van der Waals surface area contributed by atoms with Crippen molar-refractivity contribution in [3.8, 4) is 0 Å². The first-order valence-electron chi connectivity index (χ1n) is 6.88. The number of anilines is 3. The monoisotopic (exact) mass is 324 g/mol. The Balaban J connectivity index is 2.34. The minimum atomic E-state index is 0.610. The van der Waals surface area contributed by atoms with E-state index in [9.17, 15) is 0 Å². The van der Waals surface area contributed by atoms with Gasteiger partial charge in [-0.2, -0.15) is 0 Å². The molecule has 112 valence electrons. The number of hydrogen-bond acceptors (Lipinski definition) is 4. The van der Waals surface area contributed by atoms with Crippen LogP contribution in [0, 0.1) is 6.92 Å². The predicted molar refractivity (Wildman–Crippen MR) is 90.1 cm³/mol. The van der Waals surface area contributed by atoms with Crippen LogP contribution in [0.1, 0.15) is 25.2 Å². The van der Waals surface area contributed by atoms with Gasteiger partial charge in [0.2, 0.25) is 0 Å². The number of halogens is 2. The van der Waals surface area contributed by atoms with Crippen molar-refractivity contribution < 1.29 is 0 Å². The van der Waals surface area contributed by atoms with Crippen LogP contribution in [-0.2, 0) is 6.42 Å². The normalized spacial score (nSPS) is 10.5. The van der Waals surface area contributed by atoms with Crippen LogP contribution >= 0.6 is 23.2 Å². The van der Waals surface area contributed by atoms with Crippen molar-refractivity contribution in [2.24, 2.45) is 0 Å². The summed E-state index contributed by atoms with van der Waals surface area (Å²) in [5.41, 5.74) is 1.67. The van der Waals surface area contributed by atoms with Crippen LogP contribution in [0.4, 0.5) is 17.3 Å². The maximum absolute atomic E-state index is 6.25. The third-order valence-electron chi connectivity index (χ3n) is 2.96. The highest BCUT2D eigenvalue weighted by Crippen LogP contribution is 2.31. The van der Waals surface area contributed by atoms with Gasteiger partial charge in [-0.05, 0) is 31.5 Å². The van der Waals surface area contributed by atoms with Gasteiger partial charge in [-0.15, -0.1) is 0 Å². The number of hydrogen-bond donors (Lipinski definition) is 2. The molecular formula is C15H18Cl2N4. The van der Waals surface area contributed by atoms with Crippen molar-refractivity contribution >= 4 is 40.5 Å². The summed E-state index contributed by atoms with van der Waals surface area (Å²) in [6.45, 7) is 6.76. The topological polar surface area (TPSA) is 49.8 Å². The molecule has 1 aromatic carbocycles. The van der Waals surface area contributed by atoms with Gasteiger partial charge in [-0.25, -0.2) is 9.97 Å². The van der Waals surface area contributed by atoms with Crippen LogP contribution in [0.15, 0.2) is 18.2 Å². The zero-order valence-electron chi connectivity index (χ0n) is 12.3. The summed E-state index contributed by atoms with van der Waals surface area (Å²) in [7, 11) is 0. The Morgan fingerprint density at radius 2 is 1.71 bits per heavy atom. The molecule has 4 nitrogen and oxygen atoms in total. The SMILES string of the molecule is CCNc1cc(Nc2cc(Cl)c(C)cc2Cl)nc(CC)n1. The maximum Gasteiger partial charge on any atom is 0.136 e. The summed E-state index contributed by atoms with van der Waals surface area (Å²) in [4.78, 5) is 8.87. The predicted octanol–water partition coefficient (Wildman–Crippen LogP) is 4.83. The molecule has 2 N–H and O–H groups in total. The molecule has 21 heavy (non-hydrogen) atoms. The quantitative estimate of drug-likeness (QED) is 0.827. The molecule has 0 unspecified atom stereocenters. The van der Waals surface area contributed by atoms with Crippen LogP contribution < -0.4 is 10.6 Å². The lowest BCUT2D eigenvalue weighted by Gasteiger charge is -2.12. The molecule has 0 fully saturated rings. The van der Waals surface area contributed by atoms with Gasteiger partial charge in [0.15, 0.2) is 0 Å². The molecule has 0 radical (unpaired) electrons. The summed E-state index contributed by atoms with van der Waals surface area (Å²) in [6, 6.07) is 5.49. The van der Waals surface area contributed by atoms with E-state index < -0.39 is 0 Å². The first-order chi connectivity index (χ1) is 10.0. The van der Waals surface area contributed by atoms with Crippen LogP contribution in [0.3, 0.4) is 0 Å². The highest BCUT2D eigenvalue weighted by atomic mass is 35.5. The largest absolute Gasteiger partial charge is 0.370 e. The number of aryl methyl sites for hydroxylation is 2.